The zero-order valence-corrected chi connectivity index (χ0v) is 21.7. The minimum atomic E-state index is -0.523. The second-order valence-corrected chi connectivity index (χ2v) is 10.6. The molecule has 2 heterocycles. The van der Waals surface area contributed by atoms with Crippen molar-refractivity contribution >= 4 is 17.4 Å². The molecule has 1 unspecified atom stereocenters. The largest absolute Gasteiger partial charge is 0.497 e. The van der Waals surface area contributed by atoms with Crippen LogP contribution in [0.15, 0.2) is 42.5 Å². The lowest BCUT2D eigenvalue weighted by Gasteiger charge is -2.29. The number of ketones is 1. The maximum atomic E-state index is 13.2. The molecule has 38 heavy (non-hydrogen) atoms. The number of carbonyl (C=O) groups excluding carboxylic acids is 2. The van der Waals surface area contributed by atoms with Crippen molar-refractivity contribution < 1.29 is 24.0 Å². The molecule has 1 aliphatic carbocycles. The van der Waals surface area contributed by atoms with Crippen molar-refractivity contribution in [3.8, 4) is 11.4 Å². The minimum absolute atomic E-state index is 0.0230. The highest BCUT2D eigenvalue weighted by Gasteiger charge is 2.40. The van der Waals surface area contributed by atoms with Crippen LogP contribution < -0.4 is 10.1 Å². The van der Waals surface area contributed by atoms with Crippen LogP contribution >= 0.6 is 0 Å². The van der Waals surface area contributed by atoms with Gasteiger partial charge < -0.3 is 14.8 Å². The van der Waals surface area contributed by atoms with Gasteiger partial charge in [0.05, 0.1) is 23.3 Å². The molecule has 0 bridgehead atoms. The first-order valence-corrected chi connectivity index (χ1v) is 12.6. The third-order valence-electron chi connectivity index (χ3n) is 7.08. The molecule has 2 aromatic carbocycles. The van der Waals surface area contributed by atoms with Crippen LogP contribution in [-0.4, -0.2) is 40.1 Å². The van der Waals surface area contributed by atoms with E-state index in [0.29, 0.717) is 42.1 Å². The van der Waals surface area contributed by atoms with E-state index in [1.165, 1.54) is 16.8 Å². The van der Waals surface area contributed by atoms with Gasteiger partial charge in [-0.15, -0.1) is 0 Å². The number of aromatic nitrogens is 2. The van der Waals surface area contributed by atoms with Gasteiger partial charge in [0.15, 0.2) is 5.78 Å². The number of fused-ring (bicyclic) bond motifs is 1. The van der Waals surface area contributed by atoms with Crippen LogP contribution in [0.3, 0.4) is 0 Å². The first-order chi connectivity index (χ1) is 18.2. The van der Waals surface area contributed by atoms with Gasteiger partial charge in [-0.25, -0.2) is 4.68 Å². The molecule has 0 saturated carbocycles. The zero-order chi connectivity index (χ0) is 27.0. The van der Waals surface area contributed by atoms with Gasteiger partial charge in [0, 0.05) is 31.2 Å². The standard InChI is InChI=1S/C28H30N4O6/c1-28(2)14-22-25(23(33)15-28)26(24-5-4-12-38-24)30-31(22)20-11-8-18(13-21(20)32(35)36)27(34)29-16-17-6-9-19(37-3)10-7-17/h6-11,13,24H,4-5,12,14-16H2,1-3H3,(H,29,34). The van der Waals surface area contributed by atoms with E-state index in [-0.39, 0.29) is 40.8 Å². The number of amides is 1. The lowest BCUT2D eigenvalue weighted by Crippen LogP contribution is -2.28. The number of nitro groups is 1. The highest BCUT2D eigenvalue weighted by atomic mass is 16.6. The van der Waals surface area contributed by atoms with E-state index in [4.69, 9.17) is 14.6 Å². The Morgan fingerprint density at radius 2 is 2.00 bits per heavy atom. The Morgan fingerprint density at radius 3 is 2.66 bits per heavy atom. The van der Waals surface area contributed by atoms with Gasteiger partial charge >= 0.3 is 0 Å². The second kappa shape index (κ2) is 10.0. The van der Waals surface area contributed by atoms with Crippen molar-refractivity contribution in [2.75, 3.05) is 13.7 Å². The Bertz CT molecular complexity index is 1400. The monoisotopic (exact) mass is 518 g/mol. The Kier molecular flexibility index (Phi) is 6.75. The van der Waals surface area contributed by atoms with Crippen LogP contribution in [0.2, 0.25) is 0 Å². The number of Topliss-reactive ketones (excluding diaryl/α,β-unsaturated/α-hetero) is 1. The highest BCUT2D eigenvalue weighted by molar-refractivity contribution is 6.00. The average molecular weight is 519 g/mol. The summed E-state index contributed by atoms with van der Waals surface area (Å²) in [6.45, 7) is 4.85. The van der Waals surface area contributed by atoms with Crippen LogP contribution in [-0.2, 0) is 17.7 Å². The Morgan fingerprint density at radius 1 is 1.24 bits per heavy atom. The van der Waals surface area contributed by atoms with E-state index >= 15 is 0 Å². The molecule has 1 atom stereocenters. The van der Waals surface area contributed by atoms with Gasteiger partial charge in [0.2, 0.25) is 0 Å². The number of rotatable bonds is 7. The first-order valence-electron chi connectivity index (χ1n) is 12.6. The van der Waals surface area contributed by atoms with E-state index in [9.17, 15) is 19.7 Å². The lowest BCUT2D eigenvalue weighted by molar-refractivity contribution is -0.384. The van der Waals surface area contributed by atoms with Crippen molar-refractivity contribution in [1.82, 2.24) is 15.1 Å². The van der Waals surface area contributed by atoms with Crippen LogP contribution in [0.25, 0.3) is 5.69 Å². The average Bonchev–Trinajstić information content (AvgIpc) is 3.55. The van der Waals surface area contributed by atoms with E-state index in [1.807, 2.05) is 26.0 Å². The van der Waals surface area contributed by atoms with Crippen molar-refractivity contribution in [3.63, 3.8) is 0 Å². The summed E-state index contributed by atoms with van der Waals surface area (Å²) in [6.07, 6.45) is 2.22. The van der Waals surface area contributed by atoms with Crippen molar-refractivity contribution in [2.45, 2.75) is 52.2 Å². The number of hydrogen-bond donors (Lipinski definition) is 1. The van der Waals surface area contributed by atoms with Gasteiger partial charge in [-0.3, -0.25) is 19.7 Å². The van der Waals surface area contributed by atoms with Crippen LogP contribution in [0, 0.1) is 15.5 Å². The minimum Gasteiger partial charge on any atom is -0.497 e. The molecule has 1 amide bonds. The topological polar surface area (TPSA) is 126 Å². The maximum Gasteiger partial charge on any atom is 0.295 e. The van der Waals surface area contributed by atoms with Gasteiger partial charge in [-0.1, -0.05) is 26.0 Å². The third kappa shape index (κ3) is 4.91. The molecule has 3 aromatic rings. The molecular formula is C28H30N4O6. The smallest absolute Gasteiger partial charge is 0.295 e. The van der Waals surface area contributed by atoms with E-state index in [0.717, 1.165) is 18.4 Å². The fourth-order valence-electron chi connectivity index (χ4n) is 5.21. The zero-order valence-electron chi connectivity index (χ0n) is 21.7. The van der Waals surface area contributed by atoms with E-state index in [1.54, 1.807) is 25.3 Å². The van der Waals surface area contributed by atoms with Gasteiger partial charge in [-0.05, 0) is 54.5 Å². The molecule has 1 N–H and O–H groups in total. The number of benzene rings is 2. The number of nitro benzene ring substituents is 1. The molecule has 0 radical (unpaired) electrons. The second-order valence-electron chi connectivity index (χ2n) is 10.6. The summed E-state index contributed by atoms with van der Waals surface area (Å²) in [6, 6.07) is 11.6. The number of carbonyl (C=O) groups is 2. The van der Waals surface area contributed by atoms with Crippen LogP contribution in [0.5, 0.6) is 5.75 Å². The molecule has 10 heteroatoms. The Hall–Kier alpha value is -4.05. The lowest BCUT2D eigenvalue weighted by atomic mass is 9.75. The van der Waals surface area contributed by atoms with Crippen LogP contribution in [0.4, 0.5) is 5.69 Å². The molecule has 198 valence electrons. The number of nitrogens with zero attached hydrogens (tertiary/aromatic N) is 3. The third-order valence-corrected chi connectivity index (χ3v) is 7.08. The normalized spacial score (nSPS) is 18.2. The van der Waals surface area contributed by atoms with Gasteiger partial charge in [0.1, 0.15) is 23.2 Å². The molecule has 1 aromatic heterocycles. The molecule has 1 aliphatic heterocycles. The number of nitrogens with one attached hydrogen (secondary N) is 1. The fourth-order valence-corrected chi connectivity index (χ4v) is 5.21. The van der Waals surface area contributed by atoms with E-state index in [2.05, 4.69) is 5.32 Å². The summed E-state index contributed by atoms with van der Waals surface area (Å²) in [5.41, 5.74) is 2.38. The summed E-state index contributed by atoms with van der Waals surface area (Å²) in [5.74, 6) is 0.249. The van der Waals surface area contributed by atoms with Crippen molar-refractivity contribution in [2.24, 2.45) is 5.41 Å². The predicted octanol–water partition coefficient (Wildman–Crippen LogP) is 4.73. The Labute approximate surface area is 220 Å². The fraction of sp³-hybridized carbons (Fsp3) is 0.393. The highest BCUT2D eigenvalue weighted by Crippen LogP contribution is 2.42. The number of ether oxygens (including phenoxy) is 2. The molecule has 1 fully saturated rings. The number of methoxy groups -OCH3 is 1. The Balaban J connectivity index is 1.49. The molecule has 5 rings (SSSR count). The summed E-state index contributed by atoms with van der Waals surface area (Å²) in [4.78, 5) is 37.7. The summed E-state index contributed by atoms with van der Waals surface area (Å²) >= 11 is 0. The quantitative estimate of drug-likeness (QED) is 0.354. The van der Waals surface area contributed by atoms with E-state index < -0.39 is 10.8 Å². The molecule has 2 aliphatic rings. The predicted molar refractivity (Wildman–Crippen MR) is 139 cm³/mol. The summed E-state index contributed by atoms with van der Waals surface area (Å²) < 4.78 is 12.5. The first kappa shape index (κ1) is 25.6. The van der Waals surface area contributed by atoms with Gasteiger partial charge in [0.25, 0.3) is 11.6 Å². The van der Waals surface area contributed by atoms with Gasteiger partial charge in [-0.2, -0.15) is 5.10 Å². The molecule has 10 nitrogen and oxygen atoms in total. The molecule has 1 saturated heterocycles. The van der Waals surface area contributed by atoms with Crippen LogP contribution in [0.1, 0.15) is 76.9 Å². The van der Waals surface area contributed by atoms with Crippen molar-refractivity contribution in [1.29, 1.82) is 0 Å². The summed E-state index contributed by atoms with van der Waals surface area (Å²) in [7, 11) is 1.58. The maximum absolute atomic E-state index is 13.2. The van der Waals surface area contributed by atoms with Crippen molar-refractivity contribution in [3.05, 3.63) is 80.7 Å². The summed E-state index contributed by atoms with van der Waals surface area (Å²) in [5, 5.41) is 19.7. The molecular weight excluding hydrogens is 488 g/mol. The molecule has 0 spiro atoms. The number of hydrogen-bond acceptors (Lipinski definition) is 7. The SMILES string of the molecule is COc1ccc(CNC(=O)c2ccc(-n3nc(C4CCCO4)c4c3CC(C)(C)CC4=O)c([N+](=O)[O-])c2)cc1.